The Balaban J connectivity index is 0.00000338. The summed E-state index contributed by atoms with van der Waals surface area (Å²) in [6.45, 7) is 4.55. The number of benzene rings is 1. The van der Waals surface area contributed by atoms with Crippen molar-refractivity contribution in [3.63, 3.8) is 0 Å². The first kappa shape index (κ1) is 22.4. The summed E-state index contributed by atoms with van der Waals surface area (Å²) in [7, 11) is -3.57. The fourth-order valence-electron chi connectivity index (χ4n) is 2.56. The Morgan fingerprint density at radius 2 is 1.73 bits per heavy atom. The maximum Gasteiger partial charge on any atom is 0.243 e. The van der Waals surface area contributed by atoms with Crippen molar-refractivity contribution in [3.05, 3.63) is 29.3 Å². The number of rotatable bonds is 5. The third-order valence-corrected chi connectivity index (χ3v) is 6.22. The van der Waals surface area contributed by atoms with E-state index in [1.165, 1.54) is 4.31 Å². The van der Waals surface area contributed by atoms with Gasteiger partial charge in [0.2, 0.25) is 21.8 Å². The first-order valence-corrected chi connectivity index (χ1v) is 9.51. The van der Waals surface area contributed by atoms with E-state index in [1.807, 2.05) is 13.8 Å². The Morgan fingerprint density at radius 3 is 2.27 bits per heavy atom. The molecule has 0 aromatic heterocycles. The van der Waals surface area contributed by atoms with Crippen molar-refractivity contribution in [1.82, 2.24) is 14.5 Å². The molecule has 26 heavy (non-hydrogen) atoms. The third-order valence-electron chi connectivity index (χ3n) is 4.33. The van der Waals surface area contributed by atoms with Crippen LogP contribution in [-0.2, 0) is 19.6 Å². The number of hydrogen-bond donors (Lipinski definition) is 2. The van der Waals surface area contributed by atoms with Crippen LogP contribution in [-0.4, -0.2) is 68.7 Å². The van der Waals surface area contributed by atoms with Crippen LogP contribution in [0.1, 0.15) is 11.1 Å². The minimum atomic E-state index is -3.57. The molecule has 0 saturated carbocycles. The molecule has 1 heterocycles. The summed E-state index contributed by atoms with van der Waals surface area (Å²) in [6, 6.07) is 5.07. The van der Waals surface area contributed by atoms with E-state index in [1.54, 1.807) is 23.1 Å². The van der Waals surface area contributed by atoms with Gasteiger partial charge in [0, 0.05) is 26.2 Å². The summed E-state index contributed by atoms with van der Waals surface area (Å²) in [5.41, 5.74) is 7.13. The van der Waals surface area contributed by atoms with Crippen LogP contribution in [0.25, 0.3) is 0 Å². The van der Waals surface area contributed by atoms with Crippen molar-refractivity contribution in [3.8, 4) is 0 Å². The molecule has 0 aliphatic carbocycles. The molecule has 2 amide bonds. The highest BCUT2D eigenvalue weighted by molar-refractivity contribution is 7.89. The second-order valence-corrected chi connectivity index (χ2v) is 7.95. The minimum Gasteiger partial charge on any atom is -0.346 e. The van der Waals surface area contributed by atoms with Crippen LogP contribution in [0, 0.1) is 13.8 Å². The molecule has 1 aromatic rings. The van der Waals surface area contributed by atoms with Gasteiger partial charge >= 0.3 is 0 Å². The van der Waals surface area contributed by atoms with Gasteiger partial charge in [0.25, 0.3) is 0 Å². The number of aryl methyl sites for hydroxylation is 2. The number of halogens is 1. The molecule has 1 saturated heterocycles. The number of nitrogens with zero attached hydrogens (tertiary/aromatic N) is 2. The Labute approximate surface area is 160 Å². The highest BCUT2D eigenvalue weighted by Crippen LogP contribution is 2.20. The molecular weight excluding hydrogens is 380 g/mol. The summed E-state index contributed by atoms with van der Waals surface area (Å²) in [6.07, 6.45) is 0. The van der Waals surface area contributed by atoms with E-state index < -0.39 is 15.9 Å². The van der Waals surface area contributed by atoms with Crippen LogP contribution in [0.3, 0.4) is 0 Å². The highest BCUT2D eigenvalue weighted by atomic mass is 35.5. The number of sulfonamides is 1. The highest BCUT2D eigenvalue weighted by Gasteiger charge is 2.30. The van der Waals surface area contributed by atoms with E-state index >= 15 is 0 Å². The summed E-state index contributed by atoms with van der Waals surface area (Å²) < 4.78 is 26.9. The lowest BCUT2D eigenvalue weighted by molar-refractivity contribution is -0.133. The van der Waals surface area contributed by atoms with Crippen molar-refractivity contribution in [2.45, 2.75) is 18.7 Å². The lowest BCUT2D eigenvalue weighted by Crippen LogP contribution is -2.52. The van der Waals surface area contributed by atoms with E-state index in [0.29, 0.717) is 13.1 Å². The fourth-order valence-corrected chi connectivity index (χ4v) is 4.07. The molecule has 1 fully saturated rings. The summed E-state index contributed by atoms with van der Waals surface area (Å²) >= 11 is 0. The molecule has 0 unspecified atom stereocenters. The van der Waals surface area contributed by atoms with Gasteiger partial charge in [-0.25, -0.2) is 8.42 Å². The molecule has 0 radical (unpaired) electrons. The van der Waals surface area contributed by atoms with Crippen LogP contribution in [0.5, 0.6) is 0 Å². The SMILES string of the molecule is Cc1ccc(S(=O)(=O)N2CCN(C(=O)CNC(=O)CN)CC2)cc1C.Cl. The quantitative estimate of drug-likeness (QED) is 0.695. The Bertz CT molecular complexity index is 762. The van der Waals surface area contributed by atoms with Crippen molar-refractivity contribution >= 4 is 34.2 Å². The molecule has 0 atom stereocenters. The van der Waals surface area contributed by atoms with Crippen LogP contribution >= 0.6 is 12.4 Å². The number of hydrogen-bond acceptors (Lipinski definition) is 5. The summed E-state index contributed by atoms with van der Waals surface area (Å²) in [4.78, 5) is 24.9. The number of nitrogens with one attached hydrogen (secondary N) is 1. The van der Waals surface area contributed by atoms with Crippen molar-refractivity contribution < 1.29 is 18.0 Å². The van der Waals surface area contributed by atoms with Crippen molar-refractivity contribution in [1.29, 1.82) is 0 Å². The number of piperazine rings is 1. The molecule has 0 spiro atoms. The van der Waals surface area contributed by atoms with Gasteiger partial charge in [-0.15, -0.1) is 12.4 Å². The van der Waals surface area contributed by atoms with Gasteiger partial charge in [0.05, 0.1) is 18.0 Å². The first-order chi connectivity index (χ1) is 11.8. The zero-order valence-corrected chi connectivity index (χ0v) is 16.5. The van der Waals surface area contributed by atoms with Gasteiger partial charge in [-0.05, 0) is 37.1 Å². The molecular formula is C16H25ClN4O4S. The standard InChI is InChI=1S/C16H24N4O4S.ClH/c1-12-3-4-14(9-13(12)2)25(23,24)20-7-5-19(6-8-20)16(22)11-18-15(21)10-17;/h3-4,9H,5-8,10-11,17H2,1-2H3,(H,18,21);1H. The van der Waals surface area contributed by atoms with Crippen LogP contribution < -0.4 is 11.1 Å². The third kappa shape index (κ3) is 5.16. The molecule has 146 valence electrons. The summed E-state index contributed by atoms with van der Waals surface area (Å²) in [5, 5.41) is 2.42. The van der Waals surface area contributed by atoms with Gasteiger partial charge < -0.3 is 16.0 Å². The number of amides is 2. The summed E-state index contributed by atoms with van der Waals surface area (Å²) in [5.74, 6) is -0.644. The number of carbonyl (C=O) groups is 2. The van der Waals surface area contributed by atoms with Gasteiger partial charge in [-0.3, -0.25) is 9.59 Å². The largest absolute Gasteiger partial charge is 0.346 e. The number of carbonyl (C=O) groups excluding carboxylic acids is 2. The van der Waals surface area contributed by atoms with E-state index in [2.05, 4.69) is 5.32 Å². The van der Waals surface area contributed by atoms with Gasteiger partial charge in [-0.2, -0.15) is 4.31 Å². The second kappa shape index (κ2) is 9.31. The molecule has 1 aromatic carbocycles. The average molecular weight is 405 g/mol. The fraction of sp³-hybridized carbons (Fsp3) is 0.500. The van der Waals surface area contributed by atoms with E-state index in [4.69, 9.17) is 5.73 Å². The molecule has 10 heteroatoms. The second-order valence-electron chi connectivity index (χ2n) is 6.01. The lowest BCUT2D eigenvalue weighted by Gasteiger charge is -2.34. The van der Waals surface area contributed by atoms with Gasteiger partial charge in [-0.1, -0.05) is 6.07 Å². The zero-order chi connectivity index (χ0) is 18.6. The molecule has 3 N–H and O–H groups in total. The van der Waals surface area contributed by atoms with Gasteiger partial charge in [0.15, 0.2) is 0 Å². The minimum absolute atomic E-state index is 0. The Kier molecular flexibility index (Phi) is 8.01. The maximum absolute atomic E-state index is 12.7. The molecule has 1 aliphatic heterocycles. The molecule has 1 aliphatic rings. The van der Waals surface area contributed by atoms with Gasteiger partial charge in [0.1, 0.15) is 0 Å². The van der Waals surface area contributed by atoms with Crippen LogP contribution in [0.2, 0.25) is 0 Å². The smallest absolute Gasteiger partial charge is 0.243 e. The Morgan fingerprint density at radius 1 is 1.12 bits per heavy atom. The van der Waals surface area contributed by atoms with Crippen molar-refractivity contribution in [2.24, 2.45) is 5.73 Å². The average Bonchev–Trinajstić information content (AvgIpc) is 2.61. The first-order valence-electron chi connectivity index (χ1n) is 8.07. The maximum atomic E-state index is 12.7. The molecule has 0 bridgehead atoms. The number of nitrogens with two attached hydrogens (primary N) is 1. The zero-order valence-electron chi connectivity index (χ0n) is 14.9. The normalized spacial score (nSPS) is 15.3. The van der Waals surface area contributed by atoms with Crippen molar-refractivity contribution in [2.75, 3.05) is 39.3 Å². The Hall–Kier alpha value is -1.68. The van der Waals surface area contributed by atoms with Crippen LogP contribution in [0.15, 0.2) is 23.1 Å². The molecule has 2 rings (SSSR count). The monoisotopic (exact) mass is 404 g/mol. The van der Waals surface area contributed by atoms with Crippen LogP contribution in [0.4, 0.5) is 0 Å². The molecule has 8 nitrogen and oxygen atoms in total. The van der Waals surface area contributed by atoms with E-state index in [9.17, 15) is 18.0 Å². The van der Waals surface area contributed by atoms with E-state index in [0.717, 1.165) is 11.1 Å². The van der Waals surface area contributed by atoms with E-state index in [-0.39, 0.29) is 49.4 Å². The lowest BCUT2D eigenvalue weighted by atomic mass is 10.1. The predicted molar refractivity (Wildman–Crippen MR) is 101 cm³/mol. The topological polar surface area (TPSA) is 113 Å². The predicted octanol–water partition coefficient (Wildman–Crippen LogP) is -0.367.